The van der Waals surface area contributed by atoms with Gasteiger partial charge >= 0.3 is 59.1 Å². The molecule has 0 bridgehead atoms. The molecule has 0 aromatic rings. The molecular formula is C8H14Na2O8S2. The second kappa shape index (κ2) is 16.5. The maximum Gasteiger partial charge on any atom is 1.00 e. The van der Waals surface area contributed by atoms with Crippen LogP contribution in [0.4, 0.5) is 0 Å². The second-order valence-corrected chi connectivity index (χ2v) is 6.04. The molecule has 20 heavy (non-hydrogen) atoms. The molecule has 0 saturated heterocycles. The standard InChI is InChI=1S/2C4H8O4S.2Na/c2*1-3(9(7)8)2-4(5)6;;/h2*3H,2H2,1H3,(H,5,6)(H,7,8);;/q;;2*+1/p-2. The van der Waals surface area contributed by atoms with Crippen LogP contribution in [0.25, 0.3) is 0 Å². The van der Waals surface area contributed by atoms with Crippen molar-refractivity contribution in [2.24, 2.45) is 0 Å². The van der Waals surface area contributed by atoms with Gasteiger partial charge in [-0.3, -0.25) is 0 Å². The summed E-state index contributed by atoms with van der Waals surface area (Å²) in [6, 6.07) is 0. The molecule has 0 aromatic carbocycles. The molecule has 4 unspecified atom stereocenters. The predicted molar refractivity (Wildman–Crippen MR) is 59.7 cm³/mol. The Morgan fingerprint density at radius 3 is 1.15 bits per heavy atom. The SMILES string of the molecule is CC(CC(=O)[O-])S(=O)O.CC(CC(=O)[O-])S(=O)O.[Na+].[Na+]. The van der Waals surface area contributed by atoms with Gasteiger partial charge in [0.05, 0.1) is 10.5 Å². The van der Waals surface area contributed by atoms with Crippen LogP contribution in [0.1, 0.15) is 26.7 Å². The smallest absolute Gasteiger partial charge is 0.550 e. The molecule has 0 aromatic heterocycles. The number of carboxylic acid groups (broad SMARTS) is 2. The molecule has 0 heterocycles. The number of carbonyl (C=O) groups excluding carboxylic acids is 2. The van der Waals surface area contributed by atoms with Gasteiger partial charge in [-0.1, -0.05) is 0 Å². The minimum Gasteiger partial charge on any atom is -0.550 e. The van der Waals surface area contributed by atoms with E-state index in [1.165, 1.54) is 13.8 Å². The molecule has 0 radical (unpaired) electrons. The number of hydrogen-bond acceptors (Lipinski definition) is 6. The summed E-state index contributed by atoms with van der Waals surface area (Å²) in [6.07, 6.45) is -0.744. The van der Waals surface area contributed by atoms with Crippen molar-refractivity contribution in [3.63, 3.8) is 0 Å². The van der Waals surface area contributed by atoms with Gasteiger partial charge in [0.2, 0.25) is 0 Å². The minimum atomic E-state index is -2.05. The van der Waals surface area contributed by atoms with Crippen molar-refractivity contribution < 1.29 is 96.4 Å². The van der Waals surface area contributed by atoms with Crippen molar-refractivity contribution in [2.45, 2.75) is 37.2 Å². The summed E-state index contributed by atoms with van der Waals surface area (Å²) in [5.41, 5.74) is 0. The molecule has 0 saturated carbocycles. The number of hydrogen-bond donors (Lipinski definition) is 2. The molecule has 0 spiro atoms. The van der Waals surface area contributed by atoms with Gasteiger partial charge < -0.3 is 28.9 Å². The van der Waals surface area contributed by atoms with Crippen molar-refractivity contribution >= 4 is 34.1 Å². The molecule has 0 fully saturated rings. The minimum absolute atomic E-state index is 0. The maximum absolute atomic E-state index is 10.1. The van der Waals surface area contributed by atoms with Gasteiger partial charge in [-0.2, -0.15) is 0 Å². The fraction of sp³-hybridized carbons (Fsp3) is 0.750. The molecule has 8 nitrogen and oxygen atoms in total. The first kappa shape index (κ1) is 29.2. The first-order valence-electron chi connectivity index (χ1n) is 4.66. The fourth-order valence-corrected chi connectivity index (χ4v) is 1.17. The van der Waals surface area contributed by atoms with Gasteiger partial charge in [0.1, 0.15) is 0 Å². The van der Waals surface area contributed by atoms with E-state index in [0.717, 1.165) is 0 Å². The summed E-state index contributed by atoms with van der Waals surface area (Å²) in [6.45, 7) is 2.73. The number of carbonyl (C=O) groups is 2. The Hall–Kier alpha value is 1.16. The van der Waals surface area contributed by atoms with Crippen LogP contribution in [0.15, 0.2) is 0 Å². The molecule has 0 aliphatic carbocycles. The fourth-order valence-electron chi connectivity index (χ4n) is 0.612. The van der Waals surface area contributed by atoms with E-state index in [1.807, 2.05) is 0 Å². The average Bonchev–Trinajstić information content (AvgIpc) is 2.16. The van der Waals surface area contributed by atoms with Crippen molar-refractivity contribution in [3.8, 4) is 0 Å². The van der Waals surface area contributed by atoms with Crippen LogP contribution in [0, 0.1) is 0 Å². The molecule has 2 N–H and O–H groups in total. The monoisotopic (exact) mass is 348 g/mol. The molecule has 0 aliphatic heterocycles. The summed E-state index contributed by atoms with van der Waals surface area (Å²) in [7, 11) is 0. The van der Waals surface area contributed by atoms with Crippen LogP contribution >= 0.6 is 0 Å². The van der Waals surface area contributed by atoms with Crippen LogP contribution in [0.3, 0.4) is 0 Å². The van der Waals surface area contributed by atoms with E-state index in [1.54, 1.807) is 0 Å². The van der Waals surface area contributed by atoms with Gasteiger partial charge in [0.25, 0.3) is 0 Å². The summed E-state index contributed by atoms with van der Waals surface area (Å²) in [4.78, 5) is 19.5. The van der Waals surface area contributed by atoms with E-state index >= 15 is 0 Å². The summed E-state index contributed by atoms with van der Waals surface area (Å²) in [5, 5.41) is 18.0. The average molecular weight is 348 g/mol. The Kier molecular flexibility index (Phi) is 24.1. The molecule has 0 aliphatic rings. The van der Waals surface area contributed by atoms with Crippen LogP contribution < -0.4 is 69.3 Å². The van der Waals surface area contributed by atoms with Crippen molar-refractivity contribution in [2.75, 3.05) is 0 Å². The summed E-state index contributed by atoms with van der Waals surface area (Å²) in [5.74, 6) is -2.60. The first-order chi connectivity index (χ1) is 8.07. The Morgan fingerprint density at radius 1 is 0.900 bits per heavy atom. The van der Waals surface area contributed by atoms with Gasteiger partial charge in [-0.15, -0.1) is 0 Å². The van der Waals surface area contributed by atoms with E-state index in [-0.39, 0.29) is 72.0 Å². The molecule has 4 atom stereocenters. The van der Waals surface area contributed by atoms with Crippen LogP contribution in [-0.4, -0.2) is 40.0 Å². The Morgan fingerprint density at radius 2 is 1.10 bits per heavy atom. The van der Waals surface area contributed by atoms with E-state index < -0.39 is 44.6 Å². The number of carboxylic acids is 2. The summed E-state index contributed by atoms with van der Waals surface area (Å²) >= 11 is -4.10. The van der Waals surface area contributed by atoms with Crippen LogP contribution in [0.5, 0.6) is 0 Å². The van der Waals surface area contributed by atoms with E-state index in [4.69, 9.17) is 9.11 Å². The van der Waals surface area contributed by atoms with Crippen LogP contribution in [-0.2, 0) is 31.7 Å². The topological polar surface area (TPSA) is 155 Å². The molecule has 0 amide bonds. The van der Waals surface area contributed by atoms with Crippen molar-refractivity contribution in [3.05, 3.63) is 0 Å². The normalized spacial score (nSPS) is 15.0. The number of rotatable bonds is 6. The zero-order chi connectivity index (χ0) is 14.9. The van der Waals surface area contributed by atoms with E-state index in [2.05, 4.69) is 0 Å². The largest absolute Gasteiger partial charge is 1.00 e. The van der Waals surface area contributed by atoms with Crippen molar-refractivity contribution in [1.82, 2.24) is 0 Å². The van der Waals surface area contributed by atoms with E-state index in [0.29, 0.717) is 0 Å². The van der Waals surface area contributed by atoms with Gasteiger partial charge in [0, 0.05) is 24.8 Å². The third-order valence-corrected chi connectivity index (χ3v) is 3.31. The Labute approximate surface area is 166 Å². The third kappa shape index (κ3) is 21.5. The Balaban J connectivity index is -0.000000116. The second-order valence-electron chi connectivity index (χ2n) is 3.33. The van der Waals surface area contributed by atoms with Crippen molar-refractivity contribution in [1.29, 1.82) is 0 Å². The third-order valence-electron chi connectivity index (χ3n) is 1.60. The Bertz CT molecular complexity index is 306. The predicted octanol–water partition coefficient (Wildman–Crippen LogP) is -8.52. The van der Waals surface area contributed by atoms with Gasteiger partial charge in [-0.05, 0) is 13.8 Å². The van der Waals surface area contributed by atoms with Crippen LogP contribution in [0.2, 0.25) is 0 Å². The van der Waals surface area contributed by atoms with Gasteiger partial charge in [-0.25, -0.2) is 8.42 Å². The molecule has 0 rings (SSSR count). The van der Waals surface area contributed by atoms with Gasteiger partial charge in [0.15, 0.2) is 22.2 Å². The zero-order valence-corrected chi connectivity index (χ0v) is 17.4. The summed E-state index contributed by atoms with van der Waals surface area (Å²) < 4.78 is 36.6. The molecule has 12 heteroatoms. The molecular weight excluding hydrogens is 334 g/mol. The quantitative estimate of drug-likeness (QED) is 0.354. The molecule has 108 valence electrons. The maximum atomic E-state index is 10.1. The van der Waals surface area contributed by atoms with E-state index in [9.17, 15) is 28.2 Å². The zero-order valence-electron chi connectivity index (χ0n) is 11.7. The first-order valence-corrected chi connectivity index (χ1v) is 7.00. The number of aliphatic carboxylic acids is 2.